The molecule has 3 heterocycles. The van der Waals surface area contributed by atoms with Gasteiger partial charge < -0.3 is 9.80 Å². The Labute approximate surface area is 184 Å². The lowest BCUT2D eigenvalue weighted by molar-refractivity contribution is 0.0782. The van der Waals surface area contributed by atoms with E-state index >= 15 is 0 Å². The first-order valence-corrected chi connectivity index (χ1v) is 10.2. The molecule has 9 heteroatoms. The molecule has 0 unspecified atom stereocenters. The Morgan fingerprint density at radius 2 is 2.06 bits per heavy atom. The van der Waals surface area contributed by atoms with Gasteiger partial charge in [0.2, 0.25) is 0 Å². The zero-order chi connectivity index (χ0) is 23.0. The van der Waals surface area contributed by atoms with Gasteiger partial charge in [0.15, 0.2) is 5.82 Å². The number of H-pyrrole nitrogens is 1. The molecule has 164 valence electrons. The van der Waals surface area contributed by atoms with Gasteiger partial charge in [-0.25, -0.2) is 14.1 Å². The number of pyridine rings is 1. The predicted octanol–water partition coefficient (Wildman–Crippen LogP) is 2.32. The third-order valence-corrected chi connectivity index (χ3v) is 5.94. The molecule has 4 rings (SSSR count). The topological polar surface area (TPSA) is 98.0 Å². The van der Waals surface area contributed by atoms with Crippen molar-refractivity contribution >= 4 is 5.91 Å². The summed E-state index contributed by atoms with van der Waals surface area (Å²) in [4.78, 5) is 33.6. The number of benzene rings is 1. The van der Waals surface area contributed by atoms with E-state index in [2.05, 4.69) is 15.0 Å². The summed E-state index contributed by atoms with van der Waals surface area (Å²) in [7, 11) is 4.02. The zero-order valence-corrected chi connectivity index (χ0v) is 18.1. The molecule has 2 aromatic heterocycles. The van der Waals surface area contributed by atoms with Crippen LogP contribution in [0.5, 0.6) is 0 Å². The van der Waals surface area contributed by atoms with E-state index in [1.165, 1.54) is 30.1 Å². The fourth-order valence-corrected chi connectivity index (χ4v) is 3.95. The summed E-state index contributed by atoms with van der Waals surface area (Å²) in [5, 5.41) is 11.6. The van der Waals surface area contributed by atoms with E-state index in [0.717, 1.165) is 6.42 Å². The number of carbonyl (C=O) groups is 1. The minimum absolute atomic E-state index is 0.0704. The summed E-state index contributed by atoms with van der Waals surface area (Å²) >= 11 is 0. The molecule has 1 fully saturated rings. The number of halogens is 1. The number of carbonyl (C=O) groups excluding carboxylic acids is 1. The molecule has 0 bridgehead atoms. The highest BCUT2D eigenvalue weighted by atomic mass is 19.1. The Balaban J connectivity index is 1.58. The van der Waals surface area contributed by atoms with Gasteiger partial charge in [0.1, 0.15) is 11.9 Å². The minimum atomic E-state index is -0.642. The Morgan fingerprint density at radius 3 is 2.69 bits per heavy atom. The van der Waals surface area contributed by atoms with Gasteiger partial charge in [-0.2, -0.15) is 5.26 Å². The molecule has 32 heavy (non-hydrogen) atoms. The average Bonchev–Trinajstić information content (AvgIpc) is 3.43. The molecule has 0 saturated carbocycles. The number of amides is 1. The van der Waals surface area contributed by atoms with Crippen LogP contribution >= 0.6 is 0 Å². The van der Waals surface area contributed by atoms with E-state index in [1.54, 1.807) is 24.3 Å². The van der Waals surface area contributed by atoms with Crippen molar-refractivity contribution in [3.63, 3.8) is 0 Å². The Morgan fingerprint density at radius 1 is 1.28 bits per heavy atom. The van der Waals surface area contributed by atoms with Crippen LogP contribution in [0.1, 0.15) is 27.9 Å². The average molecular weight is 434 g/mol. The molecule has 8 nitrogen and oxygen atoms in total. The molecule has 3 aromatic rings. The lowest BCUT2D eigenvalue weighted by atomic mass is 10.0. The first kappa shape index (κ1) is 21.5. The number of hydrogen-bond donors (Lipinski definition) is 1. The van der Waals surface area contributed by atoms with Crippen LogP contribution in [0.2, 0.25) is 0 Å². The lowest BCUT2D eigenvalue weighted by Crippen LogP contribution is -2.34. The van der Waals surface area contributed by atoms with Crippen molar-refractivity contribution in [1.82, 2.24) is 24.6 Å². The number of aromatic nitrogens is 3. The van der Waals surface area contributed by atoms with E-state index in [4.69, 9.17) is 5.26 Å². The van der Waals surface area contributed by atoms with E-state index in [0.29, 0.717) is 36.1 Å². The van der Waals surface area contributed by atoms with Crippen LogP contribution in [0.3, 0.4) is 0 Å². The summed E-state index contributed by atoms with van der Waals surface area (Å²) < 4.78 is 15.8. The third kappa shape index (κ3) is 3.81. The largest absolute Gasteiger partial charge is 0.337 e. The maximum absolute atomic E-state index is 14.3. The zero-order valence-electron chi connectivity index (χ0n) is 18.1. The molecule has 0 radical (unpaired) electrons. The predicted molar refractivity (Wildman–Crippen MR) is 117 cm³/mol. The van der Waals surface area contributed by atoms with Gasteiger partial charge in [-0.3, -0.25) is 14.7 Å². The van der Waals surface area contributed by atoms with Crippen LogP contribution < -0.4 is 5.56 Å². The SMILES string of the molecule is Cc1c(-c2cn(-c3ccc(C(=O)N4CC[C@H](N(C)C)C4)cn3)[nH]c2=O)ccc(C#N)c1F. The van der Waals surface area contributed by atoms with Crippen LogP contribution in [0.25, 0.3) is 16.9 Å². The van der Waals surface area contributed by atoms with Gasteiger partial charge in [-0.15, -0.1) is 0 Å². The minimum Gasteiger partial charge on any atom is -0.337 e. The van der Waals surface area contributed by atoms with Gasteiger partial charge >= 0.3 is 0 Å². The fourth-order valence-electron chi connectivity index (χ4n) is 3.95. The fraction of sp³-hybridized carbons (Fsp3) is 0.304. The molecule has 0 spiro atoms. The maximum atomic E-state index is 14.3. The van der Waals surface area contributed by atoms with E-state index in [9.17, 15) is 14.0 Å². The van der Waals surface area contributed by atoms with Crippen LogP contribution in [0.15, 0.2) is 41.5 Å². The lowest BCUT2D eigenvalue weighted by Gasteiger charge is -2.20. The summed E-state index contributed by atoms with van der Waals surface area (Å²) in [6.07, 6.45) is 3.96. The standard InChI is InChI=1S/C23H23FN6O2/c1-14-18(6-4-15(10-25)21(14)24)19-13-30(27-22(19)31)20-7-5-16(11-26-20)23(32)29-9-8-17(12-29)28(2)3/h4-7,11,13,17H,8-9,12H2,1-3H3,(H,27,31)/t17-/m0/s1. The molecule has 1 N–H and O–H groups in total. The highest BCUT2D eigenvalue weighted by Crippen LogP contribution is 2.25. The summed E-state index contributed by atoms with van der Waals surface area (Å²) in [6, 6.07) is 8.38. The summed E-state index contributed by atoms with van der Waals surface area (Å²) in [5.41, 5.74) is 0.887. The van der Waals surface area contributed by atoms with Crippen molar-refractivity contribution in [1.29, 1.82) is 5.26 Å². The Bertz CT molecular complexity index is 1270. The summed E-state index contributed by atoms with van der Waals surface area (Å²) in [6.45, 7) is 2.92. The van der Waals surface area contributed by atoms with Crippen LogP contribution in [0, 0.1) is 24.1 Å². The number of likely N-dealkylation sites (tertiary alicyclic amines) is 1. The van der Waals surface area contributed by atoms with Crippen molar-refractivity contribution in [2.24, 2.45) is 0 Å². The number of aromatic amines is 1. The molecular weight excluding hydrogens is 411 g/mol. The molecular formula is C23H23FN6O2. The monoisotopic (exact) mass is 434 g/mol. The van der Waals surface area contributed by atoms with Gasteiger partial charge in [0, 0.05) is 31.5 Å². The molecule has 1 aliphatic heterocycles. The first-order chi connectivity index (χ1) is 15.3. The second-order valence-corrected chi connectivity index (χ2v) is 8.13. The number of hydrogen-bond acceptors (Lipinski definition) is 5. The van der Waals surface area contributed by atoms with E-state index in [-0.39, 0.29) is 22.6 Å². The van der Waals surface area contributed by atoms with Crippen molar-refractivity contribution < 1.29 is 9.18 Å². The second-order valence-electron chi connectivity index (χ2n) is 8.13. The van der Waals surface area contributed by atoms with E-state index in [1.807, 2.05) is 19.0 Å². The van der Waals surface area contributed by atoms with E-state index < -0.39 is 11.4 Å². The van der Waals surface area contributed by atoms with Crippen LogP contribution in [-0.2, 0) is 0 Å². The third-order valence-electron chi connectivity index (χ3n) is 5.94. The maximum Gasteiger partial charge on any atom is 0.272 e. The van der Waals surface area contributed by atoms with Crippen molar-refractivity contribution in [2.45, 2.75) is 19.4 Å². The quantitative estimate of drug-likeness (QED) is 0.680. The second kappa shape index (κ2) is 8.40. The van der Waals surface area contributed by atoms with Crippen molar-refractivity contribution in [3.05, 3.63) is 69.5 Å². The Kier molecular flexibility index (Phi) is 5.63. The van der Waals surface area contributed by atoms with Crippen molar-refractivity contribution in [2.75, 3.05) is 27.2 Å². The first-order valence-electron chi connectivity index (χ1n) is 10.2. The molecule has 1 aliphatic rings. The molecule has 1 aromatic carbocycles. The van der Waals surface area contributed by atoms with Crippen LogP contribution in [-0.4, -0.2) is 63.7 Å². The number of rotatable bonds is 4. The van der Waals surface area contributed by atoms with Gasteiger partial charge in [0.05, 0.1) is 16.7 Å². The number of nitriles is 1. The normalized spacial score (nSPS) is 15.9. The number of likely N-dealkylation sites (N-methyl/N-ethyl adjacent to an activating group) is 1. The molecule has 1 amide bonds. The van der Waals surface area contributed by atoms with Gasteiger partial charge in [0.25, 0.3) is 11.5 Å². The number of nitrogens with zero attached hydrogens (tertiary/aromatic N) is 5. The highest BCUT2D eigenvalue weighted by Gasteiger charge is 2.28. The molecule has 1 atom stereocenters. The highest BCUT2D eigenvalue weighted by molar-refractivity contribution is 5.94. The summed E-state index contributed by atoms with van der Waals surface area (Å²) in [5.74, 6) is -0.292. The number of nitrogens with one attached hydrogen (secondary N) is 1. The molecule has 0 aliphatic carbocycles. The van der Waals surface area contributed by atoms with Crippen LogP contribution in [0.4, 0.5) is 4.39 Å². The Hall–Kier alpha value is -3.77. The van der Waals surface area contributed by atoms with Gasteiger partial charge in [-0.05, 0) is 56.8 Å². The smallest absolute Gasteiger partial charge is 0.272 e. The molecule has 1 saturated heterocycles. The van der Waals surface area contributed by atoms with Gasteiger partial charge in [-0.1, -0.05) is 6.07 Å². The van der Waals surface area contributed by atoms with Crippen molar-refractivity contribution in [3.8, 4) is 23.0 Å².